The number of hydrogen-bond acceptors (Lipinski definition) is 3. The molecule has 2 fully saturated rings. The molecule has 0 spiro atoms. The smallest absolute Gasteiger partial charge is 0.244 e. The third kappa shape index (κ3) is 3.96. The van der Waals surface area contributed by atoms with E-state index < -0.39 is 6.04 Å². The molecule has 0 aliphatic carbocycles. The zero-order valence-corrected chi connectivity index (χ0v) is 14.2. The third-order valence-electron chi connectivity index (χ3n) is 5.33. The maximum Gasteiger partial charge on any atom is 0.244 e. The Bertz CT molecular complexity index is 567. The number of nitrogens with zero attached hydrogens (tertiary/aromatic N) is 2. The van der Waals surface area contributed by atoms with Gasteiger partial charge in [0.1, 0.15) is 6.04 Å². The van der Waals surface area contributed by atoms with E-state index in [9.17, 15) is 9.59 Å². The summed E-state index contributed by atoms with van der Waals surface area (Å²) < 4.78 is 0. The van der Waals surface area contributed by atoms with Crippen LogP contribution in [-0.4, -0.2) is 47.8 Å². The predicted octanol–water partition coefficient (Wildman–Crippen LogP) is 1.94. The molecule has 1 aromatic carbocycles. The highest BCUT2D eigenvalue weighted by molar-refractivity contribution is 5.83. The van der Waals surface area contributed by atoms with Crippen LogP contribution in [-0.2, 0) is 9.59 Å². The second kappa shape index (κ2) is 7.79. The van der Waals surface area contributed by atoms with E-state index in [0.29, 0.717) is 18.2 Å². The summed E-state index contributed by atoms with van der Waals surface area (Å²) in [5.41, 5.74) is 7.00. The molecule has 2 amide bonds. The van der Waals surface area contributed by atoms with E-state index in [0.717, 1.165) is 57.4 Å². The average molecular weight is 329 g/mol. The predicted molar refractivity (Wildman–Crippen MR) is 93.1 cm³/mol. The molecular weight excluding hydrogens is 302 g/mol. The highest BCUT2D eigenvalue weighted by atomic mass is 16.2. The Balaban J connectivity index is 1.44. The minimum Gasteiger partial charge on any atom is -0.343 e. The van der Waals surface area contributed by atoms with Crippen LogP contribution in [0.5, 0.6) is 0 Å². The second-order valence-corrected chi connectivity index (χ2v) is 6.93. The van der Waals surface area contributed by atoms with Crippen LogP contribution in [0.1, 0.15) is 43.7 Å². The zero-order chi connectivity index (χ0) is 16.9. The monoisotopic (exact) mass is 329 g/mol. The van der Waals surface area contributed by atoms with Gasteiger partial charge >= 0.3 is 0 Å². The lowest BCUT2D eigenvalue weighted by Gasteiger charge is -2.34. The highest BCUT2D eigenvalue weighted by Crippen LogP contribution is 2.24. The van der Waals surface area contributed by atoms with Crippen molar-refractivity contribution in [2.45, 2.75) is 38.1 Å². The number of benzene rings is 1. The lowest BCUT2D eigenvalue weighted by molar-refractivity contribution is -0.134. The normalized spacial score (nSPS) is 20.5. The molecular formula is C19H27N3O2. The van der Waals surface area contributed by atoms with Crippen LogP contribution >= 0.6 is 0 Å². The summed E-state index contributed by atoms with van der Waals surface area (Å²) in [5, 5.41) is 0. The topological polar surface area (TPSA) is 66.6 Å². The molecule has 2 heterocycles. The fourth-order valence-corrected chi connectivity index (χ4v) is 3.72. The molecule has 0 bridgehead atoms. The molecule has 1 unspecified atom stereocenters. The molecule has 2 saturated heterocycles. The van der Waals surface area contributed by atoms with Gasteiger partial charge in [-0.1, -0.05) is 30.3 Å². The molecule has 0 radical (unpaired) electrons. The maximum atomic E-state index is 12.6. The van der Waals surface area contributed by atoms with Crippen molar-refractivity contribution in [1.82, 2.24) is 9.80 Å². The summed E-state index contributed by atoms with van der Waals surface area (Å²) >= 11 is 0. The van der Waals surface area contributed by atoms with Crippen LogP contribution in [0.4, 0.5) is 0 Å². The summed E-state index contributed by atoms with van der Waals surface area (Å²) in [6, 6.07) is 9.00. The van der Waals surface area contributed by atoms with E-state index in [1.807, 2.05) is 40.1 Å². The standard InChI is InChI=1S/C19H27N3O2/c20-18(16-5-2-1-3-6-16)19(24)22-13-9-15(10-14-22)8-12-21-11-4-7-17(21)23/h1-3,5-6,15,18H,4,7-14,20H2. The minimum atomic E-state index is -0.565. The number of amides is 2. The molecule has 2 N–H and O–H groups in total. The molecule has 130 valence electrons. The first-order chi connectivity index (χ1) is 11.6. The molecule has 0 saturated carbocycles. The molecule has 5 heteroatoms. The third-order valence-corrected chi connectivity index (χ3v) is 5.33. The maximum absolute atomic E-state index is 12.6. The molecule has 1 atom stereocenters. The van der Waals surface area contributed by atoms with Crippen LogP contribution in [0.15, 0.2) is 30.3 Å². The number of carbonyl (C=O) groups is 2. The summed E-state index contributed by atoms with van der Waals surface area (Å²) in [4.78, 5) is 28.1. The Kier molecular flexibility index (Phi) is 5.51. The quantitative estimate of drug-likeness (QED) is 0.898. The summed E-state index contributed by atoms with van der Waals surface area (Å²) in [5.74, 6) is 0.932. The van der Waals surface area contributed by atoms with Crippen molar-refractivity contribution < 1.29 is 9.59 Å². The average Bonchev–Trinajstić information content (AvgIpc) is 3.05. The molecule has 5 nitrogen and oxygen atoms in total. The molecule has 2 aliphatic heterocycles. The lowest BCUT2D eigenvalue weighted by Crippen LogP contribution is -2.43. The molecule has 3 rings (SSSR count). The molecule has 2 aliphatic rings. The highest BCUT2D eigenvalue weighted by Gasteiger charge is 2.28. The van der Waals surface area contributed by atoms with Crippen LogP contribution in [0.25, 0.3) is 0 Å². The summed E-state index contributed by atoms with van der Waals surface area (Å²) in [7, 11) is 0. The molecule has 1 aromatic rings. The van der Waals surface area contributed by atoms with E-state index in [4.69, 9.17) is 5.73 Å². The number of nitrogens with two attached hydrogens (primary N) is 1. The lowest BCUT2D eigenvalue weighted by atomic mass is 9.92. The van der Waals surface area contributed by atoms with Gasteiger partial charge in [-0.2, -0.15) is 0 Å². The van der Waals surface area contributed by atoms with Gasteiger partial charge in [0.15, 0.2) is 0 Å². The Hall–Kier alpha value is -1.88. The largest absolute Gasteiger partial charge is 0.343 e. The number of likely N-dealkylation sites (tertiary alicyclic amines) is 2. The van der Waals surface area contributed by atoms with Crippen molar-refractivity contribution in [3.63, 3.8) is 0 Å². The van der Waals surface area contributed by atoms with Gasteiger partial charge in [0.05, 0.1) is 0 Å². The van der Waals surface area contributed by atoms with Gasteiger partial charge in [-0.25, -0.2) is 0 Å². The van der Waals surface area contributed by atoms with Crippen molar-refractivity contribution in [2.75, 3.05) is 26.2 Å². The van der Waals surface area contributed by atoms with Gasteiger partial charge in [-0.3, -0.25) is 9.59 Å². The van der Waals surface area contributed by atoms with Crippen LogP contribution in [0, 0.1) is 5.92 Å². The van der Waals surface area contributed by atoms with E-state index in [-0.39, 0.29) is 5.91 Å². The van der Waals surface area contributed by atoms with Crippen LogP contribution in [0.2, 0.25) is 0 Å². The van der Waals surface area contributed by atoms with Gasteiger partial charge in [0, 0.05) is 32.6 Å². The minimum absolute atomic E-state index is 0.0226. The number of piperidine rings is 1. The van der Waals surface area contributed by atoms with Crippen molar-refractivity contribution in [2.24, 2.45) is 11.7 Å². The Morgan fingerprint density at radius 3 is 2.50 bits per heavy atom. The van der Waals surface area contributed by atoms with Gasteiger partial charge in [0.25, 0.3) is 0 Å². The summed E-state index contributed by atoms with van der Waals surface area (Å²) in [6.45, 7) is 3.35. The van der Waals surface area contributed by atoms with Crippen molar-refractivity contribution in [3.8, 4) is 0 Å². The summed E-state index contributed by atoms with van der Waals surface area (Å²) in [6.07, 6.45) is 4.79. The van der Waals surface area contributed by atoms with E-state index >= 15 is 0 Å². The van der Waals surface area contributed by atoms with Crippen LogP contribution in [0.3, 0.4) is 0 Å². The van der Waals surface area contributed by atoms with Gasteiger partial charge in [-0.05, 0) is 37.2 Å². The SMILES string of the molecule is NC(C(=O)N1CCC(CCN2CCCC2=O)CC1)c1ccccc1. The zero-order valence-electron chi connectivity index (χ0n) is 14.2. The Morgan fingerprint density at radius 1 is 1.17 bits per heavy atom. The van der Waals surface area contributed by atoms with Gasteiger partial charge < -0.3 is 15.5 Å². The van der Waals surface area contributed by atoms with Gasteiger partial charge in [-0.15, -0.1) is 0 Å². The van der Waals surface area contributed by atoms with E-state index in [2.05, 4.69) is 0 Å². The first kappa shape index (κ1) is 17.0. The fourth-order valence-electron chi connectivity index (χ4n) is 3.72. The fraction of sp³-hybridized carbons (Fsp3) is 0.579. The molecule has 24 heavy (non-hydrogen) atoms. The first-order valence-electron chi connectivity index (χ1n) is 9.02. The van der Waals surface area contributed by atoms with Crippen molar-refractivity contribution >= 4 is 11.8 Å². The second-order valence-electron chi connectivity index (χ2n) is 6.93. The van der Waals surface area contributed by atoms with Crippen LogP contribution < -0.4 is 5.73 Å². The van der Waals surface area contributed by atoms with Crippen molar-refractivity contribution in [1.29, 1.82) is 0 Å². The van der Waals surface area contributed by atoms with Crippen molar-refractivity contribution in [3.05, 3.63) is 35.9 Å². The first-order valence-corrected chi connectivity index (χ1v) is 9.02. The van der Waals surface area contributed by atoms with E-state index in [1.165, 1.54) is 0 Å². The van der Waals surface area contributed by atoms with E-state index in [1.54, 1.807) is 0 Å². The Labute approximate surface area is 143 Å². The Morgan fingerprint density at radius 2 is 1.88 bits per heavy atom. The van der Waals surface area contributed by atoms with Gasteiger partial charge in [0.2, 0.25) is 11.8 Å². The number of hydrogen-bond donors (Lipinski definition) is 1. The number of rotatable bonds is 5. The molecule has 0 aromatic heterocycles. The number of carbonyl (C=O) groups excluding carboxylic acids is 2.